The van der Waals surface area contributed by atoms with Crippen molar-refractivity contribution in [2.75, 3.05) is 10.8 Å². The van der Waals surface area contributed by atoms with Crippen molar-refractivity contribution in [2.24, 2.45) is 5.10 Å². The Morgan fingerprint density at radius 2 is 1.81 bits per heavy atom. The Hall–Kier alpha value is -3.26. The summed E-state index contributed by atoms with van der Waals surface area (Å²) in [6.07, 6.45) is 3.26. The molecule has 1 N–H and O–H groups in total. The van der Waals surface area contributed by atoms with Crippen molar-refractivity contribution in [1.82, 2.24) is 10.4 Å². The fraction of sp³-hybridized carbons (Fsp3) is 0.105. The summed E-state index contributed by atoms with van der Waals surface area (Å²) < 4.78 is 26.8. The fourth-order valence-electron chi connectivity index (χ4n) is 3.10. The van der Waals surface area contributed by atoms with Crippen LogP contribution in [0.3, 0.4) is 0 Å². The maximum atomic E-state index is 12.9. The smallest absolute Gasteiger partial charge is 0.265 e. The van der Waals surface area contributed by atoms with Gasteiger partial charge < -0.3 is 0 Å². The molecule has 27 heavy (non-hydrogen) atoms. The van der Waals surface area contributed by atoms with Crippen LogP contribution in [0.5, 0.6) is 0 Å². The minimum atomic E-state index is -3.77. The molecule has 0 saturated heterocycles. The van der Waals surface area contributed by atoms with Crippen LogP contribution in [-0.4, -0.2) is 31.6 Å². The average molecular weight is 380 g/mol. The fourth-order valence-corrected chi connectivity index (χ4v) is 4.76. The van der Waals surface area contributed by atoms with Gasteiger partial charge in [0.15, 0.2) is 0 Å². The van der Waals surface area contributed by atoms with Gasteiger partial charge in [0.05, 0.1) is 16.3 Å². The highest BCUT2D eigenvalue weighted by atomic mass is 32.2. The van der Waals surface area contributed by atoms with Crippen LogP contribution >= 0.6 is 0 Å². The molecule has 0 unspecified atom stereocenters. The molecule has 1 aliphatic rings. The molecule has 4 rings (SSSR count). The first-order valence-electron chi connectivity index (χ1n) is 8.26. The van der Waals surface area contributed by atoms with Crippen molar-refractivity contribution < 1.29 is 13.2 Å². The topological polar surface area (TPSA) is 91.7 Å². The number of nitrogens with zero attached hydrogens (tertiary/aromatic N) is 3. The second-order valence-electron chi connectivity index (χ2n) is 6.11. The lowest BCUT2D eigenvalue weighted by Crippen LogP contribution is -2.37. The Labute approximate surface area is 156 Å². The zero-order chi connectivity index (χ0) is 19.0. The summed E-state index contributed by atoms with van der Waals surface area (Å²) in [4.78, 5) is 16.5. The number of hydrogen-bond acceptors (Lipinski definition) is 5. The van der Waals surface area contributed by atoms with Crippen molar-refractivity contribution in [1.29, 1.82) is 0 Å². The molecule has 1 amide bonds. The van der Waals surface area contributed by atoms with Crippen LogP contribution < -0.4 is 9.73 Å². The Bertz CT molecular complexity index is 1170. The van der Waals surface area contributed by atoms with Gasteiger partial charge in [0, 0.05) is 23.3 Å². The molecule has 1 aromatic heterocycles. The van der Waals surface area contributed by atoms with Crippen LogP contribution in [-0.2, 0) is 14.8 Å². The van der Waals surface area contributed by atoms with E-state index < -0.39 is 15.9 Å². The van der Waals surface area contributed by atoms with E-state index in [1.54, 1.807) is 55.7 Å². The van der Waals surface area contributed by atoms with Crippen LogP contribution in [0.15, 0.2) is 70.9 Å². The summed E-state index contributed by atoms with van der Waals surface area (Å²) >= 11 is 0. The maximum absolute atomic E-state index is 12.9. The van der Waals surface area contributed by atoms with Crippen LogP contribution in [0.25, 0.3) is 10.8 Å². The third kappa shape index (κ3) is 2.93. The third-order valence-electron chi connectivity index (χ3n) is 4.41. The first kappa shape index (κ1) is 17.2. The molecule has 0 fully saturated rings. The van der Waals surface area contributed by atoms with E-state index in [1.165, 1.54) is 0 Å². The minimum absolute atomic E-state index is 0.222. The lowest BCUT2D eigenvalue weighted by atomic mass is 10.1. The summed E-state index contributed by atoms with van der Waals surface area (Å²) in [5.74, 6) is -0.517. The normalized spacial score (nSPS) is 15.1. The first-order chi connectivity index (χ1) is 13.0. The molecular weight excluding hydrogens is 364 g/mol. The van der Waals surface area contributed by atoms with Gasteiger partial charge in [0.25, 0.3) is 15.9 Å². The monoisotopic (exact) mass is 380 g/mol. The van der Waals surface area contributed by atoms with Crippen LogP contribution in [0.2, 0.25) is 0 Å². The van der Waals surface area contributed by atoms with Gasteiger partial charge in [0.2, 0.25) is 0 Å². The van der Waals surface area contributed by atoms with Crippen molar-refractivity contribution in [3.8, 4) is 0 Å². The summed E-state index contributed by atoms with van der Waals surface area (Å²) in [6.45, 7) is 1.40. The molecule has 0 atom stereocenters. The minimum Gasteiger partial charge on any atom is -0.271 e. The number of rotatable bonds is 4. The van der Waals surface area contributed by atoms with Crippen LogP contribution in [0.1, 0.15) is 12.5 Å². The zero-order valence-corrected chi connectivity index (χ0v) is 15.3. The highest BCUT2D eigenvalue weighted by Gasteiger charge is 2.36. The zero-order valence-electron chi connectivity index (χ0n) is 14.5. The summed E-state index contributed by atoms with van der Waals surface area (Å²) in [7, 11) is -3.77. The molecule has 8 heteroatoms. The number of pyridine rings is 1. The Morgan fingerprint density at radius 1 is 1.11 bits per heavy atom. The van der Waals surface area contributed by atoms with Gasteiger partial charge in [-0.3, -0.25) is 14.1 Å². The predicted octanol–water partition coefficient (Wildman–Crippen LogP) is 2.28. The highest BCUT2D eigenvalue weighted by Crippen LogP contribution is 2.41. The van der Waals surface area contributed by atoms with E-state index in [-0.39, 0.29) is 11.4 Å². The van der Waals surface area contributed by atoms with E-state index in [0.29, 0.717) is 16.8 Å². The quantitative estimate of drug-likeness (QED) is 0.555. The number of hydrogen-bond donors (Lipinski definition) is 1. The lowest BCUT2D eigenvalue weighted by Gasteiger charge is -2.17. The predicted molar refractivity (Wildman–Crippen MR) is 103 cm³/mol. The van der Waals surface area contributed by atoms with Crippen molar-refractivity contribution in [3.05, 3.63) is 66.5 Å². The first-order valence-corrected chi connectivity index (χ1v) is 9.70. The maximum Gasteiger partial charge on any atom is 0.265 e. The SMILES string of the molecule is C/C(=N/NC(=O)CN1c2cccc3cccc(c23)S1(=O)=O)c1ccncc1. The average Bonchev–Trinajstić information content (AvgIpc) is 2.90. The van der Waals surface area contributed by atoms with Gasteiger partial charge in [-0.05, 0) is 36.6 Å². The van der Waals surface area contributed by atoms with Crippen LogP contribution in [0.4, 0.5) is 5.69 Å². The molecule has 2 heterocycles. The summed E-state index contributed by atoms with van der Waals surface area (Å²) in [6, 6.07) is 14.0. The number of carbonyl (C=O) groups excluding carboxylic acids is 1. The summed E-state index contributed by atoms with van der Waals surface area (Å²) in [5, 5.41) is 5.52. The number of hydrazone groups is 1. The molecule has 0 aliphatic carbocycles. The number of anilines is 1. The van der Waals surface area contributed by atoms with Crippen LogP contribution in [0, 0.1) is 0 Å². The molecule has 2 aromatic carbocycles. The number of amides is 1. The van der Waals surface area contributed by atoms with Gasteiger partial charge in [0.1, 0.15) is 6.54 Å². The second kappa shape index (κ2) is 6.48. The Balaban J connectivity index is 1.58. The number of aromatic nitrogens is 1. The summed E-state index contributed by atoms with van der Waals surface area (Å²) in [5.41, 5.74) is 4.35. The third-order valence-corrected chi connectivity index (χ3v) is 6.22. The molecule has 7 nitrogen and oxygen atoms in total. The van der Waals surface area contributed by atoms with E-state index in [2.05, 4.69) is 15.5 Å². The van der Waals surface area contributed by atoms with E-state index in [4.69, 9.17) is 0 Å². The lowest BCUT2D eigenvalue weighted by molar-refractivity contribution is -0.119. The van der Waals surface area contributed by atoms with Crippen molar-refractivity contribution >= 4 is 38.1 Å². The van der Waals surface area contributed by atoms with Gasteiger partial charge in [-0.15, -0.1) is 0 Å². The molecule has 0 bridgehead atoms. The molecule has 0 saturated carbocycles. The van der Waals surface area contributed by atoms with Crippen molar-refractivity contribution in [3.63, 3.8) is 0 Å². The van der Waals surface area contributed by atoms with E-state index >= 15 is 0 Å². The standard InChI is InChI=1S/C19H16N4O3S/c1-13(14-8-10-20-11-9-14)21-22-18(24)12-23-16-6-2-4-15-5-3-7-17(19(15)16)27(23,25)26/h2-11H,12H2,1H3,(H,22,24)/b21-13-. The van der Waals surface area contributed by atoms with Crippen molar-refractivity contribution in [2.45, 2.75) is 11.8 Å². The molecular formula is C19H16N4O3S. The molecule has 0 radical (unpaired) electrons. The van der Waals surface area contributed by atoms with Gasteiger partial charge in [-0.1, -0.05) is 24.3 Å². The Kier molecular flexibility index (Phi) is 4.12. The van der Waals surface area contributed by atoms with Gasteiger partial charge in [-0.2, -0.15) is 5.10 Å². The highest BCUT2D eigenvalue weighted by molar-refractivity contribution is 7.93. The van der Waals surface area contributed by atoms with E-state index in [0.717, 1.165) is 15.3 Å². The molecule has 136 valence electrons. The Morgan fingerprint density at radius 3 is 2.56 bits per heavy atom. The largest absolute Gasteiger partial charge is 0.271 e. The number of nitrogens with one attached hydrogen (secondary N) is 1. The number of sulfonamides is 1. The molecule has 3 aromatic rings. The molecule has 1 aliphatic heterocycles. The number of carbonyl (C=O) groups is 1. The van der Waals surface area contributed by atoms with Gasteiger partial charge >= 0.3 is 0 Å². The van der Waals surface area contributed by atoms with E-state index in [9.17, 15) is 13.2 Å². The van der Waals surface area contributed by atoms with Gasteiger partial charge in [-0.25, -0.2) is 13.8 Å². The van der Waals surface area contributed by atoms with E-state index in [1.807, 2.05) is 12.1 Å². The number of benzene rings is 2. The molecule has 0 spiro atoms. The second-order valence-corrected chi connectivity index (χ2v) is 7.94.